The van der Waals surface area contributed by atoms with Crippen LogP contribution >= 0.6 is 23.4 Å². The largest absolute Gasteiger partial charge is 0.467 e. The van der Waals surface area contributed by atoms with Gasteiger partial charge >= 0.3 is 0 Å². The van der Waals surface area contributed by atoms with Crippen molar-refractivity contribution in [1.82, 2.24) is 14.8 Å². The first-order chi connectivity index (χ1) is 10.1. The van der Waals surface area contributed by atoms with Crippen molar-refractivity contribution in [2.75, 3.05) is 5.75 Å². The smallest absolute Gasteiger partial charge is 0.217 e. The first-order valence-electron chi connectivity index (χ1n) is 6.25. The number of halogens is 1. The number of hydrogen-bond acceptors (Lipinski definition) is 5. The summed E-state index contributed by atoms with van der Waals surface area (Å²) in [6.45, 7) is 4.14. The number of nitrogens with two attached hydrogens (primary N) is 1. The fourth-order valence-corrected chi connectivity index (χ4v) is 2.58. The molecule has 0 aromatic carbocycles. The SMILES string of the molecule is C=C(Cl)CSc1nnc(CCC(N)=O)n1Cc1ccco1. The highest BCUT2D eigenvalue weighted by molar-refractivity contribution is 7.99. The summed E-state index contributed by atoms with van der Waals surface area (Å²) in [5.41, 5.74) is 5.18. The van der Waals surface area contributed by atoms with Gasteiger partial charge in [-0.25, -0.2) is 0 Å². The molecule has 2 heterocycles. The number of aryl methyl sites for hydroxylation is 1. The van der Waals surface area contributed by atoms with Crippen molar-refractivity contribution in [3.8, 4) is 0 Å². The molecule has 1 amide bonds. The molecule has 0 aliphatic rings. The summed E-state index contributed by atoms with van der Waals surface area (Å²) in [5.74, 6) is 1.63. The summed E-state index contributed by atoms with van der Waals surface area (Å²) >= 11 is 7.21. The molecule has 6 nitrogen and oxygen atoms in total. The molecule has 0 radical (unpaired) electrons. The molecule has 8 heteroatoms. The lowest BCUT2D eigenvalue weighted by Crippen LogP contribution is -2.14. The van der Waals surface area contributed by atoms with Gasteiger partial charge in [0, 0.05) is 23.6 Å². The third kappa shape index (κ3) is 4.64. The first kappa shape index (κ1) is 15.7. The monoisotopic (exact) mass is 326 g/mol. The maximum absolute atomic E-state index is 10.9. The molecular weight excluding hydrogens is 312 g/mol. The van der Waals surface area contributed by atoms with Crippen LogP contribution in [-0.4, -0.2) is 26.4 Å². The average molecular weight is 327 g/mol. The second-order valence-corrected chi connectivity index (χ2v) is 5.81. The zero-order valence-corrected chi connectivity index (χ0v) is 12.9. The number of carbonyl (C=O) groups is 1. The maximum Gasteiger partial charge on any atom is 0.217 e. The highest BCUT2D eigenvalue weighted by Crippen LogP contribution is 2.22. The first-order valence-corrected chi connectivity index (χ1v) is 7.61. The third-order valence-corrected chi connectivity index (χ3v) is 3.99. The van der Waals surface area contributed by atoms with Gasteiger partial charge in [-0.2, -0.15) is 0 Å². The van der Waals surface area contributed by atoms with Gasteiger partial charge in [0.15, 0.2) is 5.16 Å². The summed E-state index contributed by atoms with van der Waals surface area (Å²) < 4.78 is 7.24. The number of rotatable bonds is 8. The molecule has 0 bridgehead atoms. The van der Waals surface area contributed by atoms with E-state index in [1.807, 2.05) is 16.7 Å². The second-order valence-electron chi connectivity index (χ2n) is 4.34. The number of thioether (sulfide) groups is 1. The fraction of sp³-hybridized carbons (Fsp3) is 0.308. The van der Waals surface area contributed by atoms with Gasteiger partial charge in [0.2, 0.25) is 5.91 Å². The summed E-state index contributed by atoms with van der Waals surface area (Å²) in [6.07, 6.45) is 2.27. The zero-order valence-electron chi connectivity index (χ0n) is 11.3. The van der Waals surface area contributed by atoms with E-state index < -0.39 is 0 Å². The molecule has 0 aliphatic heterocycles. The van der Waals surface area contributed by atoms with E-state index in [9.17, 15) is 4.79 Å². The topological polar surface area (TPSA) is 86.9 Å². The summed E-state index contributed by atoms with van der Waals surface area (Å²) in [6, 6.07) is 3.68. The van der Waals surface area contributed by atoms with Crippen molar-refractivity contribution < 1.29 is 9.21 Å². The Bertz CT molecular complexity index is 589. The molecule has 0 aliphatic carbocycles. The molecule has 0 atom stereocenters. The Morgan fingerprint density at radius 1 is 1.52 bits per heavy atom. The molecule has 0 spiro atoms. The molecular formula is C13H15ClN4O2S. The van der Waals surface area contributed by atoms with Crippen LogP contribution in [0.2, 0.25) is 0 Å². The van der Waals surface area contributed by atoms with Gasteiger partial charge in [-0.05, 0) is 12.1 Å². The quantitative estimate of drug-likeness (QED) is 0.751. The van der Waals surface area contributed by atoms with E-state index in [-0.39, 0.29) is 12.3 Å². The molecule has 2 aromatic rings. The molecule has 0 unspecified atom stereocenters. The van der Waals surface area contributed by atoms with Crippen LogP contribution in [-0.2, 0) is 17.8 Å². The van der Waals surface area contributed by atoms with Crippen molar-refractivity contribution >= 4 is 29.3 Å². The Labute approximate surface area is 131 Å². The summed E-state index contributed by atoms with van der Waals surface area (Å²) in [5, 5.41) is 9.48. The summed E-state index contributed by atoms with van der Waals surface area (Å²) in [4.78, 5) is 10.9. The highest BCUT2D eigenvalue weighted by atomic mass is 35.5. The van der Waals surface area contributed by atoms with Crippen LogP contribution in [0.5, 0.6) is 0 Å². The average Bonchev–Trinajstić information content (AvgIpc) is 3.05. The van der Waals surface area contributed by atoms with Crippen LogP contribution in [0.1, 0.15) is 18.0 Å². The van der Waals surface area contributed by atoms with Crippen LogP contribution in [0, 0.1) is 0 Å². The van der Waals surface area contributed by atoms with Crippen molar-refractivity contribution in [2.45, 2.75) is 24.5 Å². The van der Waals surface area contributed by atoms with Gasteiger partial charge in [0.25, 0.3) is 0 Å². The Balaban J connectivity index is 2.19. The normalized spacial score (nSPS) is 10.7. The Hall–Kier alpha value is -1.73. The van der Waals surface area contributed by atoms with Crippen molar-refractivity contribution in [3.05, 3.63) is 41.6 Å². The second kappa shape index (κ2) is 7.33. The number of carbonyl (C=O) groups excluding carboxylic acids is 1. The molecule has 2 rings (SSSR count). The Morgan fingerprint density at radius 3 is 2.95 bits per heavy atom. The Morgan fingerprint density at radius 2 is 2.33 bits per heavy atom. The van der Waals surface area contributed by atoms with E-state index in [0.717, 1.165) is 5.76 Å². The lowest BCUT2D eigenvalue weighted by molar-refractivity contribution is -0.118. The van der Waals surface area contributed by atoms with Gasteiger partial charge < -0.3 is 10.2 Å². The fourth-order valence-electron chi connectivity index (χ4n) is 1.71. The zero-order chi connectivity index (χ0) is 15.2. The number of hydrogen-bond donors (Lipinski definition) is 1. The van der Waals surface area contributed by atoms with Crippen molar-refractivity contribution in [3.63, 3.8) is 0 Å². The lowest BCUT2D eigenvalue weighted by Gasteiger charge is -2.08. The van der Waals surface area contributed by atoms with E-state index >= 15 is 0 Å². The van der Waals surface area contributed by atoms with E-state index in [1.165, 1.54) is 11.8 Å². The lowest BCUT2D eigenvalue weighted by atomic mass is 10.3. The van der Waals surface area contributed by atoms with E-state index in [2.05, 4.69) is 16.8 Å². The number of aromatic nitrogens is 3. The molecule has 112 valence electrons. The molecule has 2 N–H and O–H groups in total. The van der Waals surface area contributed by atoms with Crippen molar-refractivity contribution in [1.29, 1.82) is 0 Å². The molecule has 21 heavy (non-hydrogen) atoms. The van der Waals surface area contributed by atoms with Gasteiger partial charge in [-0.1, -0.05) is 29.9 Å². The molecule has 0 fully saturated rings. The minimum Gasteiger partial charge on any atom is -0.467 e. The van der Waals surface area contributed by atoms with E-state index in [0.29, 0.717) is 34.7 Å². The van der Waals surface area contributed by atoms with E-state index in [1.54, 1.807) is 6.26 Å². The molecule has 0 saturated carbocycles. The van der Waals surface area contributed by atoms with E-state index in [4.69, 9.17) is 21.8 Å². The number of amides is 1. The standard InChI is InChI=1S/C13H15ClN4O2S/c1-9(14)8-21-13-17-16-12(5-4-11(15)19)18(13)7-10-3-2-6-20-10/h2-3,6H,1,4-5,7-8H2,(H2,15,19). The van der Waals surface area contributed by atoms with Gasteiger partial charge in [0.1, 0.15) is 11.6 Å². The maximum atomic E-state index is 10.9. The minimum absolute atomic E-state index is 0.225. The number of nitrogens with zero attached hydrogens (tertiary/aromatic N) is 3. The van der Waals surface area contributed by atoms with Crippen LogP contribution in [0.25, 0.3) is 0 Å². The number of primary amides is 1. The van der Waals surface area contributed by atoms with Gasteiger partial charge in [-0.15, -0.1) is 10.2 Å². The van der Waals surface area contributed by atoms with Crippen LogP contribution < -0.4 is 5.73 Å². The summed E-state index contributed by atoms with van der Waals surface area (Å²) in [7, 11) is 0. The van der Waals surface area contributed by atoms with Crippen molar-refractivity contribution in [2.24, 2.45) is 5.73 Å². The highest BCUT2D eigenvalue weighted by Gasteiger charge is 2.15. The van der Waals surface area contributed by atoms with Gasteiger partial charge in [-0.3, -0.25) is 9.36 Å². The van der Waals surface area contributed by atoms with Crippen LogP contribution in [0.15, 0.2) is 39.6 Å². The van der Waals surface area contributed by atoms with Crippen LogP contribution in [0.3, 0.4) is 0 Å². The van der Waals surface area contributed by atoms with Crippen LogP contribution in [0.4, 0.5) is 0 Å². The predicted molar refractivity (Wildman–Crippen MR) is 81.1 cm³/mol. The molecule has 2 aromatic heterocycles. The third-order valence-electron chi connectivity index (χ3n) is 2.64. The molecule has 0 saturated heterocycles. The number of furan rings is 1. The van der Waals surface area contributed by atoms with Gasteiger partial charge in [0.05, 0.1) is 12.8 Å². The predicted octanol–water partition coefficient (Wildman–Crippen LogP) is 2.18. The minimum atomic E-state index is -0.370. The Kier molecular flexibility index (Phi) is 5.46.